The highest BCUT2D eigenvalue weighted by Crippen LogP contribution is 2.56. The number of hydrogen-bond acceptors (Lipinski definition) is 3. The van der Waals surface area contributed by atoms with E-state index < -0.39 is 40.6 Å². The second kappa shape index (κ2) is 9.21. The summed E-state index contributed by atoms with van der Waals surface area (Å²) in [4.78, 5) is 0. The smallest absolute Gasteiger partial charge is 0.411 e. The molecule has 0 saturated carbocycles. The fourth-order valence-corrected chi connectivity index (χ4v) is 3.39. The molecule has 0 bridgehead atoms. The van der Waals surface area contributed by atoms with Crippen molar-refractivity contribution in [2.45, 2.75) is 57.2 Å². The zero-order valence-electron chi connectivity index (χ0n) is 18.4. The Bertz CT molecular complexity index is 851. The number of alkyl halides is 6. The van der Waals surface area contributed by atoms with Gasteiger partial charge in [0, 0.05) is 7.11 Å². The lowest BCUT2D eigenvalue weighted by molar-refractivity contribution is -0.288. The lowest BCUT2D eigenvalue weighted by atomic mass is 9.73. The number of benzene rings is 2. The first-order valence-corrected chi connectivity index (χ1v) is 9.81. The van der Waals surface area contributed by atoms with Gasteiger partial charge in [-0.05, 0) is 63.1 Å². The normalized spacial score (nSPS) is 14.2. The van der Waals surface area contributed by atoms with Gasteiger partial charge >= 0.3 is 12.4 Å². The second-order valence-electron chi connectivity index (χ2n) is 8.39. The van der Waals surface area contributed by atoms with Gasteiger partial charge in [-0.2, -0.15) is 26.3 Å². The molecule has 0 spiro atoms. The van der Waals surface area contributed by atoms with Crippen molar-refractivity contribution < 1.29 is 40.6 Å². The lowest BCUT2D eigenvalue weighted by Gasteiger charge is -2.38. The monoisotopic (exact) mass is 464 g/mol. The predicted molar refractivity (Wildman–Crippen MR) is 108 cm³/mol. The van der Waals surface area contributed by atoms with Gasteiger partial charge in [0.15, 0.2) is 0 Å². The van der Waals surface area contributed by atoms with Crippen LogP contribution >= 0.6 is 0 Å². The molecule has 2 rings (SSSR count). The molecule has 0 N–H and O–H groups in total. The summed E-state index contributed by atoms with van der Waals surface area (Å²) >= 11 is 0. The third-order valence-corrected chi connectivity index (χ3v) is 4.59. The molecule has 0 radical (unpaired) electrons. The van der Waals surface area contributed by atoms with Gasteiger partial charge in [-0.15, -0.1) is 0 Å². The largest absolute Gasteiger partial charge is 0.488 e. The first-order chi connectivity index (χ1) is 14.6. The summed E-state index contributed by atoms with van der Waals surface area (Å²) in [5.74, 6) is 0.292. The molecular weight excluding hydrogens is 438 g/mol. The molecule has 1 atom stereocenters. The zero-order valence-corrected chi connectivity index (χ0v) is 18.4. The van der Waals surface area contributed by atoms with E-state index in [-0.39, 0.29) is 18.1 Å². The summed E-state index contributed by atoms with van der Waals surface area (Å²) in [6, 6.07) is 7.56. The molecule has 0 aliphatic heterocycles. The van der Waals surface area contributed by atoms with Crippen LogP contribution in [0.25, 0.3) is 0 Å². The van der Waals surface area contributed by atoms with E-state index in [0.29, 0.717) is 0 Å². The third-order valence-electron chi connectivity index (χ3n) is 4.59. The summed E-state index contributed by atoms with van der Waals surface area (Å²) in [6.45, 7) is 7.02. The van der Waals surface area contributed by atoms with Crippen LogP contribution in [0.1, 0.15) is 38.8 Å². The number of halogens is 6. The Kier molecular flexibility index (Phi) is 7.44. The molecule has 1 unspecified atom stereocenters. The van der Waals surface area contributed by atoms with Gasteiger partial charge < -0.3 is 14.2 Å². The fourth-order valence-electron chi connectivity index (χ4n) is 3.39. The highest BCUT2D eigenvalue weighted by molar-refractivity contribution is 5.47. The molecule has 0 aliphatic rings. The lowest BCUT2D eigenvalue weighted by Crippen LogP contribution is -2.54. The standard InChI is InChI=1S/C23H26F6O3/c1-15(14-30-5)31-18-10-6-16(7-11-18)21(22(24,25)26,23(27,28)29)17-8-12-19(13-9-17)32-20(2,3)4/h6-13,15H,14H2,1-5H3. The van der Waals surface area contributed by atoms with Crippen molar-refractivity contribution in [2.75, 3.05) is 13.7 Å². The van der Waals surface area contributed by atoms with Gasteiger partial charge in [-0.1, -0.05) is 24.3 Å². The van der Waals surface area contributed by atoms with E-state index in [9.17, 15) is 26.3 Å². The first kappa shape index (κ1) is 25.8. The van der Waals surface area contributed by atoms with E-state index >= 15 is 0 Å². The van der Waals surface area contributed by atoms with Crippen molar-refractivity contribution >= 4 is 0 Å². The summed E-state index contributed by atoms with van der Waals surface area (Å²) < 4.78 is 101. The molecule has 0 fully saturated rings. The molecule has 178 valence electrons. The average Bonchev–Trinajstić information content (AvgIpc) is 2.61. The highest BCUT2D eigenvalue weighted by atomic mass is 19.4. The van der Waals surface area contributed by atoms with Crippen LogP contribution in [0.15, 0.2) is 48.5 Å². The molecule has 32 heavy (non-hydrogen) atoms. The second-order valence-corrected chi connectivity index (χ2v) is 8.39. The van der Waals surface area contributed by atoms with Gasteiger partial charge in [0.1, 0.15) is 23.2 Å². The predicted octanol–water partition coefficient (Wildman–Crippen LogP) is 6.69. The average molecular weight is 464 g/mol. The van der Waals surface area contributed by atoms with Gasteiger partial charge in [0.2, 0.25) is 5.41 Å². The molecule has 0 saturated heterocycles. The number of ether oxygens (including phenoxy) is 3. The quantitative estimate of drug-likeness (QED) is 0.428. The van der Waals surface area contributed by atoms with E-state index in [1.165, 1.54) is 7.11 Å². The number of methoxy groups -OCH3 is 1. The van der Waals surface area contributed by atoms with Crippen molar-refractivity contribution in [1.82, 2.24) is 0 Å². The van der Waals surface area contributed by atoms with Gasteiger partial charge in [-0.25, -0.2) is 0 Å². The van der Waals surface area contributed by atoms with Crippen LogP contribution in [-0.2, 0) is 10.2 Å². The van der Waals surface area contributed by atoms with Gasteiger partial charge in [-0.3, -0.25) is 0 Å². The van der Waals surface area contributed by atoms with Crippen LogP contribution in [0.5, 0.6) is 11.5 Å². The summed E-state index contributed by atoms with van der Waals surface area (Å²) in [5.41, 5.74) is -6.81. The van der Waals surface area contributed by atoms with Crippen LogP contribution in [-0.4, -0.2) is 37.8 Å². The van der Waals surface area contributed by atoms with E-state index in [1.54, 1.807) is 27.7 Å². The number of rotatable bonds is 7. The topological polar surface area (TPSA) is 27.7 Å². The minimum absolute atomic E-state index is 0.130. The molecule has 3 nitrogen and oxygen atoms in total. The Balaban J connectivity index is 2.59. The Labute approximate surface area is 183 Å². The van der Waals surface area contributed by atoms with E-state index in [1.807, 2.05) is 0 Å². The number of hydrogen-bond donors (Lipinski definition) is 0. The van der Waals surface area contributed by atoms with Crippen molar-refractivity contribution in [2.24, 2.45) is 0 Å². The highest BCUT2D eigenvalue weighted by Gasteiger charge is 2.72. The van der Waals surface area contributed by atoms with Crippen LogP contribution in [0.4, 0.5) is 26.3 Å². The van der Waals surface area contributed by atoms with E-state index in [4.69, 9.17) is 14.2 Å². The third kappa shape index (κ3) is 5.49. The van der Waals surface area contributed by atoms with Crippen molar-refractivity contribution in [3.05, 3.63) is 59.7 Å². The van der Waals surface area contributed by atoms with Crippen molar-refractivity contribution in [3.63, 3.8) is 0 Å². The maximum absolute atomic E-state index is 14.2. The van der Waals surface area contributed by atoms with Gasteiger partial charge in [0.25, 0.3) is 0 Å². The maximum atomic E-state index is 14.2. The Morgan fingerprint density at radius 2 is 1.12 bits per heavy atom. The molecule has 0 amide bonds. The van der Waals surface area contributed by atoms with Crippen molar-refractivity contribution in [1.29, 1.82) is 0 Å². The molecule has 2 aromatic rings. The molecule has 0 aromatic heterocycles. The molecule has 9 heteroatoms. The molecule has 0 heterocycles. The summed E-state index contributed by atoms with van der Waals surface area (Å²) in [7, 11) is 1.45. The minimum Gasteiger partial charge on any atom is -0.488 e. The Morgan fingerprint density at radius 3 is 1.47 bits per heavy atom. The molecular formula is C23H26F6O3. The summed E-state index contributed by atoms with van der Waals surface area (Å²) in [5, 5.41) is 0. The molecule has 0 aliphatic carbocycles. The van der Waals surface area contributed by atoms with E-state index in [2.05, 4.69) is 0 Å². The van der Waals surface area contributed by atoms with Crippen LogP contribution < -0.4 is 9.47 Å². The first-order valence-electron chi connectivity index (χ1n) is 9.81. The Hall–Kier alpha value is -2.42. The van der Waals surface area contributed by atoms with Crippen molar-refractivity contribution in [3.8, 4) is 11.5 Å². The zero-order chi connectivity index (χ0) is 24.4. The van der Waals surface area contributed by atoms with E-state index in [0.717, 1.165) is 48.5 Å². The molecule has 2 aromatic carbocycles. The fraction of sp³-hybridized carbons (Fsp3) is 0.478. The Morgan fingerprint density at radius 1 is 0.719 bits per heavy atom. The minimum atomic E-state index is -5.66. The van der Waals surface area contributed by atoms with Crippen LogP contribution in [0, 0.1) is 0 Å². The maximum Gasteiger partial charge on any atom is 0.411 e. The van der Waals surface area contributed by atoms with Gasteiger partial charge in [0.05, 0.1) is 6.61 Å². The van der Waals surface area contributed by atoms with Crippen LogP contribution in [0.2, 0.25) is 0 Å². The summed E-state index contributed by atoms with van der Waals surface area (Å²) in [6.07, 6.45) is -11.8. The SMILES string of the molecule is COCC(C)Oc1ccc(C(c2ccc(OC(C)(C)C)cc2)(C(F)(F)F)C(F)(F)F)cc1. The van der Waals surface area contributed by atoms with Crippen LogP contribution in [0.3, 0.4) is 0 Å².